The molecule has 0 radical (unpaired) electrons. The first-order valence-corrected chi connectivity index (χ1v) is 12.6. The topological polar surface area (TPSA) is 75.2 Å². The lowest BCUT2D eigenvalue weighted by Crippen LogP contribution is -2.30. The first kappa shape index (κ1) is 22.9. The molecule has 8 heteroatoms. The molecule has 0 aliphatic rings. The second-order valence-electron chi connectivity index (χ2n) is 7.24. The van der Waals surface area contributed by atoms with E-state index >= 15 is 0 Å². The molecule has 1 N–H and O–H groups in total. The minimum atomic E-state index is -0.159. The normalized spacial score (nSPS) is 10.8. The van der Waals surface area contributed by atoms with E-state index < -0.39 is 0 Å². The number of benzene rings is 2. The van der Waals surface area contributed by atoms with Crippen LogP contribution >= 0.6 is 23.1 Å². The van der Waals surface area contributed by atoms with E-state index in [1.54, 1.807) is 40.5 Å². The number of nitrogens with zero attached hydrogens (tertiary/aromatic N) is 3. The van der Waals surface area contributed by atoms with Crippen LogP contribution in [0, 0.1) is 0 Å². The van der Waals surface area contributed by atoms with Gasteiger partial charge in [0.25, 0.3) is 5.91 Å². The van der Waals surface area contributed by atoms with E-state index in [1.807, 2.05) is 55.6 Å². The molecule has 6 nitrogen and oxygen atoms in total. The first-order valence-electron chi connectivity index (χ1n) is 10.7. The van der Waals surface area contributed by atoms with Crippen LogP contribution in [0.5, 0.6) is 0 Å². The molecular formula is C25H24N4O2S2. The third-order valence-electron chi connectivity index (χ3n) is 5.09. The average Bonchev–Trinajstić information content (AvgIpc) is 3.38. The standard InChI is InChI=1S/C25H24N4O2S2/c1-3-29(4-2)25(31)17-9-7-10-18(15-17)26-22(30)16-33-24-19-11-5-6-12-20(19)27-23(28-24)21-13-8-14-32-21/h5-15H,3-4,16H2,1-2H3,(H,26,30). The lowest BCUT2D eigenvalue weighted by Gasteiger charge is -2.19. The second-order valence-corrected chi connectivity index (χ2v) is 9.15. The average molecular weight is 477 g/mol. The van der Waals surface area contributed by atoms with Gasteiger partial charge < -0.3 is 10.2 Å². The quantitative estimate of drug-likeness (QED) is 0.266. The number of rotatable bonds is 8. The van der Waals surface area contributed by atoms with Gasteiger partial charge in [0.1, 0.15) is 5.03 Å². The van der Waals surface area contributed by atoms with Gasteiger partial charge in [-0.25, -0.2) is 9.97 Å². The number of anilines is 1. The van der Waals surface area contributed by atoms with Crippen LogP contribution in [0.25, 0.3) is 21.6 Å². The second kappa shape index (κ2) is 10.6. The lowest BCUT2D eigenvalue weighted by molar-refractivity contribution is -0.113. The number of para-hydroxylation sites is 1. The number of fused-ring (bicyclic) bond motifs is 1. The number of hydrogen-bond donors (Lipinski definition) is 1. The molecule has 2 aromatic heterocycles. The molecule has 0 bridgehead atoms. The van der Waals surface area contributed by atoms with Crippen LogP contribution in [0.3, 0.4) is 0 Å². The third kappa shape index (κ3) is 5.40. The molecule has 2 amide bonds. The molecule has 0 spiro atoms. The Morgan fingerprint density at radius 3 is 2.58 bits per heavy atom. The number of hydrogen-bond acceptors (Lipinski definition) is 6. The predicted octanol–water partition coefficient (Wildman–Crippen LogP) is 5.57. The van der Waals surface area contributed by atoms with E-state index in [0.29, 0.717) is 30.2 Å². The number of aromatic nitrogens is 2. The number of carbonyl (C=O) groups excluding carboxylic acids is 2. The summed E-state index contributed by atoms with van der Waals surface area (Å²) in [5.41, 5.74) is 2.01. The maximum atomic E-state index is 12.7. The summed E-state index contributed by atoms with van der Waals surface area (Å²) < 4.78 is 0. The summed E-state index contributed by atoms with van der Waals surface area (Å²) in [6.45, 7) is 5.18. The van der Waals surface area contributed by atoms with Gasteiger partial charge in [0.15, 0.2) is 5.82 Å². The van der Waals surface area contributed by atoms with Gasteiger partial charge in [0.05, 0.1) is 16.1 Å². The van der Waals surface area contributed by atoms with Crippen LogP contribution in [0.15, 0.2) is 71.1 Å². The molecule has 0 unspecified atom stereocenters. The van der Waals surface area contributed by atoms with Crippen LogP contribution in [-0.4, -0.2) is 45.5 Å². The van der Waals surface area contributed by atoms with Crippen molar-refractivity contribution in [1.82, 2.24) is 14.9 Å². The molecule has 33 heavy (non-hydrogen) atoms. The van der Waals surface area contributed by atoms with Gasteiger partial charge in [-0.15, -0.1) is 11.3 Å². The maximum absolute atomic E-state index is 12.7. The minimum absolute atomic E-state index is 0.0426. The number of carbonyl (C=O) groups is 2. The summed E-state index contributed by atoms with van der Waals surface area (Å²) in [4.78, 5) is 37.4. The zero-order chi connectivity index (χ0) is 23.2. The van der Waals surface area contributed by atoms with E-state index in [1.165, 1.54) is 11.8 Å². The highest BCUT2D eigenvalue weighted by molar-refractivity contribution is 8.00. The lowest BCUT2D eigenvalue weighted by atomic mass is 10.1. The van der Waals surface area contributed by atoms with Crippen molar-refractivity contribution in [2.45, 2.75) is 18.9 Å². The monoisotopic (exact) mass is 476 g/mol. The molecule has 0 fully saturated rings. The summed E-state index contributed by atoms with van der Waals surface area (Å²) in [5, 5.41) is 6.58. The van der Waals surface area contributed by atoms with Gasteiger partial charge >= 0.3 is 0 Å². The van der Waals surface area contributed by atoms with Gasteiger partial charge in [-0.3, -0.25) is 9.59 Å². The molecule has 2 heterocycles. The largest absolute Gasteiger partial charge is 0.339 e. The Balaban J connectivity index is 1.49. The molecule has 0 aliphatic carbocycles. The Labute approximate surface area is 201 Å². The number of amides is 2. The molecule has 168 valence electrons. The smallest absolute Gasteiger partial charge is 0.253 e. The van der Waals surface area contributed by atoms with Crippen molar-refractivity contribution in [3.05, 3.63) is 71.6 Å². The molecule has 0 aliphatic heterocycles. The van der Waals surface area contributed by atoms with Crippen LogP contribution in [0.1, 0.15) is 24.2 Å². The molecule has 4 rings (SSSR count). The van der Waals surface area contributed by atoms with Crippen molar-refractivity contribution < 1.29 is 9.59 Å². The minimum Gasteiger partial charge on any atom is -0.339 e. The Morgan fingerprint density at radius 2 is 1.82 bits per heavy atom. The van der Waals surface area contributed by atoms with Crippen molar-refractivity contribution >= 4 is 51.5 Å². The van der Waals surface area contributed by atoms with Gasteiger partial charge in [0, 0.05) is 29.7 Å². The number of nitrogens with one attached hydrogen (secondary N) is 1. The highest BCUT2D eigenvalue weighted by atomic mass is 32.2. The van der Waals surface area contributed by atoms with E-state index in [0.717, 1.165) is 20.8 Å². The van der Waals surface area contributed by atoms with Gasteiger partial charge in [-0.1, -0.05) is 42.1 Å². The molecule has 0 saturated heterocycles. The van der Waals surface area contributed by atoms with Crippen LogP contribution in [-0.2, 0) is 4.79 Å². The Hall–Kier alpha value is -3.23. The van der Waals surface area contributed by atoms with Crippen molar-refractivity contribution in [1.29, 1.82) is 0 Å². The third-order valence-corrected chi connectivity index (χ3v) is 6.95. The van der Waals surface area contributed by atoms with E-state index in [2.05, 4.69) is 10.3 Å². The molecular weight excluding hydrogens is 452 g/mol. The summed E-state index contributed by atoms with van der Waals surface area (Å²) in [7, 11) is 0. The maximum Gasteiger partial charge on any atom is 0.253 e. The molecule has 0 saturated carbocycles. The fourth-order valence-corrected chi connectivity index (χ4v) is 4.90. The highest BCUT2D eigenvalue weighted by Crippen LogP contribution is 2.30. The van der Waals surface area contributed by atoms with Gasteiger partial charge in [-0.05, 0) is 49.6 Å². The Bertz CT molecular complexity index is 1270. The predicted molar refractivity (Wildman–Crippen MR) is 136 cm³/mol. The Morgan fingerprint density at radius 1 is 1.00 bits per heavy atom. The van der Waals surface area contributed by atoms with Crippen molar-refractivity contribution in [2.75, 3.05) is 24.2 Å². The molecule has 4 aromatic rings. The highest BCUT2D eigenvalue weighted by Gasteiger charge is 2.15. The number of thioether (sulfide) groups is 1. The summed E-state index contributed by atoms with van der Waals surface area (Å²) in [6, 6.07) is 18.8. The summed E-state index contributed by atoms with van der Waals surface area (Å²) in [6.07, 6.45) is 0. The summed E-state index contributed by atoms with van der Waals surface area (Å²) >= 11 is 2.96. The Kier molecular flexibility index (Phi) is 7.36. The summed E-state index contributed by atoms with van der Waals surface area (Å²) in [5.74, 6) is 0.653. The SMILES string of the molecule is CCN(CC)C(=O)c1cccc(NC(=O)CSc2nc(-c3cccs3)nc3ccccc23)c1. The first-order chi connectivity index (χ1) is 16.1. The van der Waals surface area contributed by atoms with Crippen LogP contribution in [0.4, 0.5) is 5.69 Å². The fraction of sp³-hybridized carbons (Fsp3) is 0.200. The zero-order valence-electron chi connectivity index (χ0n) is 18.4. The van der Waals surface area contributed by atoms with Crippen LogP contribution < -0.4 is 5.32 Å². The van der Waals surface area contributed by atoms with Crippen molar-refractivity contribution in [2.24, 2.45) is 0 Å². The van der Waals surface area contributed by atoms with E-state index in [9.17, 15) is 9.59 Å². The van der Waals surface area contributed by atoms with Crippen LogP contribution in [0.2, 0.25) is 0 Å². The van der Waals surface area contributed by atoms with E-state index in [4.69, 9.17) is 4.98 Å². The molecule has 2 aromatic carbocycles. The van der Waals surface area contributed by atoms with Crippen molar-refractivity contribution in [3.8, 4) is 10.7 Å². The fourth-order valence-electron chi connectivity index (χ4n) is 3.43. The molecule has 0 atom stereocenters. The van der Waals surface area contributed by atoms with E-state index in [-0.39, 0.29) is 17.6 Å². The van der Waals surface area contributed by atoms with Gasteiger partial charge in [0.2, 0.25) is 5.91 Å². The van der Waals surface area contributed by atoms with Crippen molar-refractivity contribution in [3.63, 3.8) is 0 Å². The number of thiophene rings is 1. The van der Waals surface area contributed by atoms with Gasteiger partial charge in [-0.2, -0.15) is 0 Å². The zero-order valence-corrected chi connectivity index (χ0v) is 20.1.